The number of anilines is 5. The Labute approximate surface area is 359 Å². The van der Waals surface area contributed by atoms with Gasteiger partial charge in [0.15, 0.2) is 11.6 Å². The number of hydrogen-bond acceptors (Lipinski definition) is 16. The number of halogens is 2. The number of nitrogen functional groups attached to an aromatic ring is 1. The van der Waals surface area contributed by atoms with Crippen LogP contribution < -0.4 is 26.8 Å². The van der Waals surface area contributed by atoms with Crippen molar-refractivity contribution in [1.82, 2.24) is 20.4 Å². The van der Waals surface area contributed by atoms with Crippen LogP contribution in [0.2, 0.25) is 10.6 Å². The molecule has 1 amide bonds. The van der Waals surface area contributed by atoms with E-state index in [0.717, 1.165) is 50.0 Å². The lowest BCUT2D eigenvalue weighted by Crippen LogP contribution is -2.30. The summed E-state index contributed by atoms with van der Waals surface area (Å²) in [7, 11) is -8.10. The van der Waals surface area contributed by atoms with E-state index in [2.05, 4.69) is 46.2 Å². The van der Waals surface area contributed by atoms with Gasteiger partial charge in [-0.1, -0.05) is 43.5 Å². The molecule has 61 heavy (non-hydrogen) atoms. The largest absolute Gasteiger partial charge is 0.397 e. The number of aromatic nitrogens is 3. The van der Waals surface area contributed by atoms with Crippen LogP contribution in [0, 0.1) is 0 Å². The van der Waals surface area contributed by atoms with E-state index in [1.807, 2.05) is 19.2 Å². The first-order valence-electron chi connectivity index (χ1n) is 18.3. The van der Waals surface area contributed by atoms with Crippen LogP contribution >= 0.6 is 23.2 Å². The van der Waals surface area contributed by atoms with Crippen LogP contribution in [0.15, 0.2) is 92.8 Å². The van der Waals surface area contributed by atoms with Gasteiger partial charge in [0.05, 0.1) is 39.6 Å². The summed E-state index contributed by atoms with van der Waals surface area (Å²) >= 11 is 11.4. The lowest BCUT2D eigenvalue weighted by molar-refractivity contribution is -0.120. The first kappa shape index (κ1) is 44.5. The molecule has 0 atom stereocenters. The molecule has 0 spiro atoms. The molecule has 0 unspecified atom stereocenters. The minimum atomic E-state index is -5.05. The van der Waals surface area contributed by atoms with Gasteiger partial charge in [0.25, 0.3) is 20.2 Å². The molecule has 0 saturated carbocycles. The van der Waals surface area contributed by atoms with Gasteiger partial charge >= 0.3 is 0 Å². The number of ketones is 2. The summed E-state index contributed by atoms with van der Waals surface area (Å²) in [5, 5.41) is 10.7. The number of benzene rings is 4. The first-order valence-corrected chi connectivity index (χ1v) is 21.9. The Kier molecular flexibility index (Phi) is 13.6. The summed E-state index contributed by atoms with van der Waals surface area (Å²) < 4.78 is 69.9. The fourth-order valence-electron chi connectivity index (χ4n) is 6.39. The maximum atomic E-state index is 13.7. The van der Waals surface area contributed by atoms with E-state index in [4.69, 9.17) is 28.9 Å². The molecule has 23 heteroatoms. The van der Waals surface area contributed by atoms with Gasteiger partial charge in [-0.25, -0.2) is 0 Å². The molecular formula is C38H36Cl2N10O9S2. The van der Waals surface area contributed by atoms with E-state index in [1.54, 1.807) is 12.1 Å². The number of amides is 1. The number of hydrogen-bond donors (Lipinski definition) is 6. The van der Waals surface area contributed by atoms with Crippen LogP contribution in [0.4, 0.5) is 40.1 Å². The third-order valence-electron chi connectivity index (χ3n) is 9.35. The number of carbonyl (C=O) groups excluding carboxylic acids is 3. The second-order valence-corrected chi connectivity index (χ2v) is 17.0. The van der Waals surface area contributed by atoms with Crippen molar-refractivity contribution < 1.29 is 40.3 Å². The average Bonchev–Trinajstić information content (AvgIpc) is 3.20. The minimum absolute atomic E-state index is 0.00471. The number of hydrazine groups is 1. The summed E-state index contributed by atoms with van der Waals surface area (Å²) in [5.41, 5.74) is 10.1. The minimum Gasteiger partial charge on any atom is -0.397 e. The molecule has 1 aliphatic rings. The van der Waals surface area contributed by atoms with Gasteiger partial charge in [-0.2, -0.15) is 42.0 Å². The Morgan fingerprint density at radius 2 is 1.31 bits per heavy atom. The molecule has 6 rings (SSSR count). The Morgan fingerprint density at radius 1 is 0.738 bits per heavy atom. The first-order chi connectivity index (χ1) is 28.9. The van der Waals surface area contributed by atoms with Crippen molar-refractivity contribution in [1.29, 1.82) is 0 Å². The zero-order valence-electron chi connectivity index (χ0n) is 32.0. The number of fused-ring (bicyclic) bond motifs is 2. The van der Waals surface area contributed by atoms with Gasteiger partial charge in [0.2, 0.25) is 22.4 Å². The van der Waals surface area contributed by atoms with Crippen molar-refractivity contribution in [3.63, 3.8) is 0 Å². The van der Waals surface area contributed by atoms with E-state index < -0.39 is 52.8 Å². The normalized spacial score (nSPS) is 12.5. The Hall–Kier alpha value is -6.10. The Bertz CT molecular complexity index is 2770. The van der Waals surface area contributed by atoms with Crippen molar-refractivity contribution in [2.75, 3.05) is 35.0 Å². The van der Waals surface area contributed by atoms with E-state index >= 15 is 0 Å². The van der Waals surface area contributed by atoms with Crippen LogP contribution in [-0.2, 0) is 25.0 Å². The van der Waals surface area contributed by atoms with Crippen molar-refractivity contribution in [2.45, 2.75) is 48.3 Å². The monoisotopic (exact) mass is 910 g/mol. The molecule has 7 N–H and O–H groups in total. The number of unbranched alkanes of at least 4 members (excludes halogenated alkanes) is 4. The summed E-state index contributed by atoms with van der Waals surface area (Å²) in [4.78, 5) is 51.0. The van der Waals surface area contributed by atoms with Crippen molar-refractivity contribution >= 4 is 101 Å². The number of nitrogens with one attached hydrogen (secondary N) is 3. The highest BCUT2D eigenvalue weighted by molar-refractivity contribution is 7.86. The SMILES string of the molecule is CN(CCCCCCCC(=O)NNc1nc(Cl)nc(Cl)n1)c1ccc(/N=N/c2ccc(Nc3cc(S(=O)(=O)O)c(N)c4c3C(=O)c3ccccc3C4=O)c(S(=O)(=O)O)c2)cc1. The maximum Gasteiger partial charge on any atom is 0.296 e. The van der Waals surface area contributed by atoms with Gasteiger partial charge in [-0.3, -0.25) is 34.3 Å². The van der Waals surface area contributed by atoms with E-state index in [9.17, 15) is 40.3 Å². The highest BCUT2D eigenvalue weighted by atomic mass is 35.5. The molecule has 0 fully saturated rings. The number of rotatable bonds is 17. The second kappa shape index (κ2) is 18.7. The van der Waals surface area contributed by atoms with Crippen molar-refractivity contribution in [3.05, 3.63) is 106 Å². The van der Waals surface area contributed by atoms with Crippen LogP contribution in [0.1, 0.15) is 70.4 Å². The molecule has 0 bridgehead atoms. The van der Waals surface area contributed by atoms with E-state index in [-0.39, 0.29) is 56.2 Å². The van der Waals surface area contributed by atoms with Crippen LogP contribution in [0.25, 0.3) is 0 Å². The third-order valence-corrected chi connectivity index (χ3v) is 11.5. The summed E-state index contributed by atoms with van der Waals surface area (Å²) in [6, 6.07) is 17.2. The molecule has 318 valence electrons. The fraction of sp³-hybridized carbons (Fsp3) is 0.211. The van der Waals surface area contributed by atoms with Gasteiger partial charge in [0.1, 0.15) is 9.79 Å². The van der Waals surface area contributed by atoms with Gasteiger partial charge in [-0.05, 0) is 84.6 Å². The Morgan fingerprint density at radius 3 is 1.95 bits per heavy atom. The molecule has 0 radical (unpaired) electrons. The topological polar surface area (TPSA) is 289 Å². The maximum absolute atomic E-state index is 13.7. The molecule has 1 heterocycles. The molecule has 1 aromatic heterocycles. The van der Waals surface area contributed by atoms with Crippen LogP contribution in [0.5, 0.6) is 0 Å². The molecule has 19 nitrogen and oxygen atoms in total. The summed E-state index contributed by atoms with van der Waals surface area (Å²) in [6.45, 7) is 0.773. The average molecular weight is 912 g/mol. The summed E-state index contributed by atoms with van der Waals surface area (Å²) in [5.74, 6) is -1.72. The molecule has 0 saturated heterocycles. The molecule has 0 aliphatic heterocycles. The number of azo groups is 1. The molecule has 5 aromatic rings. The molecule has 4 aromatic carbocycles. The number of nitrogens with two attached hydrogens (primary N) is 1. The van der Waals surface area contributed by atoms with Crippen molar-refractivity contribution in [3.8, 4) is 0 Å². The molecule has 1 aliphatic carbocycles. The third kappa shape index (κ3) is 10.8. The van der Waals surface area contributed by atoms with Gasteiger partial charge in [0, 0.05) is 36.8 Å². The predicted octanol–water partition coefficient (Wildman–Crippen LogP) is 7.11. The van der Waals surface area contributed by atoms with E-state index in [1.165, 1.54) is 36.4 Å². The summed E-state index contributed by atoms with van der Waals surface area (Å²) in [6.07, 6.45) is 4.69. The predicted molar refractivity (Wildman–Crippen MR) is 227 cm³/mol. The standard InChI is InChI=1S/C38H36Cl2N10O9S2/c1-50(18-8-4-2-3-5-11-30(51)48-49-38-44-36(39)43-37(40)45-38)23-15-12-21(13-16-23)46-47-22-14-17-26(28(19-22)60(54,55)56)42-27-20-29(61(57,58)59)33(41)32-31(27)34(52)24-9-6-7-10-25(24)35(32)53/h6-7,9-10,12-17,19-20,42H,2-5,8,11,18,41H2,1H3,(H,48,51)(H,54,55,56)(H,57,58,59)(H,43,44,45,49)/b47-46+. The smallest absolute Gasteiger partial charge is 0.296 e. The van der Waals surface area contributed by atoms with Gasteiger partial charge < -0.3 is 16.0 Å². The molecular weight excluding hydrogens is 876 g/mol. The Balaban J connectivity index is 1.06. The second-order valence-electron chi connectivity index (χ2n) is 13.6. The highest BCUT2D eigenvalue weighted by Crippen LogP contribution is 2.41. The van der Waals surface area contributed by atoms with Crippen LogP contribution in [0.3, 0.4) is 0 Å². The lowest BCUT2D eigenvalue weighted by atomic mass is 9.82. The lowest BCUT2D eigenvalue weighted by Gasteiger charge is -2.24. The van der Waals surface area contributed by atoms with E-state index in [0.29, 0.717) is 18.5 Å². The number of carbonyl (C=O) groups is 3. The van der Waals surface area contributed by atoms with Crippen molar-refractivity contribution in [2.24, 2.45) is 10.2 Å². The number of nitrogens with zero attached hydrogens (tertiary/aromatic N) is 6. The quantitative estimate of drug-likeness (QED) is 0.0175. The van der Waals surface area contributed by atoms with Gasteiger partial charge in [-0.15, -0.1) is 0 Å². The zero-order valence-corrected chi connectivity index (χ0v) is 35.1. The zero-order chi connectivity index (χ0) is 44.1. The fourth-order valence-corrected chi connectivity index (χ4v) is 8.07. The van der Waals surface area contributed by atoms with Crippen LogP contribution in [-0.4, -0.2) is 72.0 Å². The highest BCUT2D eigenvalue weighted by Gasteiger charge is 2.37.